The molecule has 0 saturated carbocycles. The van der Waals surface area contributed by atoms with Gasteiger partial charge in [0.2, 0.25) is 0 Å². The van der Waals surface area contributed by atoms with Gasteiger partial charge in [-0.2, -0.15) is 0 Å². The summed E-state index contributed by atoms with van der Waals surface area (Å²) in [7, 11) is 0. The quantitative estimate of drug-likeness (QED) is 0.0539. The first-order chi connectivity index (χ1) is 27.0. The van der Waals surface area contributed by atoms with Crippen molar-refractivity contribution in [2.24, 2.45) is 0 Å². The highest BCUT2D eigenvalue weighted by molar-refractivity contribution is 5.69. The summed E-state index contributed by atoms with van der Waals surface area (Å²) in [5.41, 5.74) is -0.474. The second kappa shape index (κ2) is 45.7. The van der Waals surface area contributed by atoms with Crippen LogP contribution in [-0.2, 0) is 66.4 Å². The van der Waals surface area contributed by atoms with Crippen molar-refractivity contribution in [3.8, 4) is 0 Å². The molecule has 330 valence electrons. The number of unbranched alkanes of at least 4 members (excludes halogenated alkanes) is 9. The van der Waals surface area contributed by atoms with Crippen LogP contribution in [0.3, 0.4) is 0 Å². The van der Waals surface area contributed by atoms with Crippen LogP contribution < -0.4 is 0 Å². The molecule has 0 heterocycles. The largest absolute Gasteiger partial charge is 0.460 e. The lowest BCUT2D eigenvalue weighted by Gasteiger charge is -2.19. The molecule has 0 aliphatic carbocycles. The van der Waals surface area contributed by atoms with Crippen LogP contribution in [0.25, 0.3) is 0 Å². The average molecular weight is 799 g/mol. The molecule has 0 unspecified atom stereocenters. The fraction of sp³-hybridized carbons (Fsp3) is 0.976. The molecule has 0 aliphatic rings. The second-order valence-electron chi connectivity index (χ2n) is 13.9. The Morgan fingerprint density at radius 1 is 0.309 bits per heavy atom. The van der Waals surface area contributed by atoms with Gasteiger partial charge in [0.1, 0.15) is 5.60 Å². The van der Waals surface area contributed by atoms with E-state index < -0.39 is 5.60 Å². The highest BCUT2D eigenvalue weighted by atomic mass is 16.6. The van der Waals surface area contributed by atoms with Gasteiger partial charge in [-0.3, -0.25) is 4.79 Å². The van der Waals surface area contributed by atoms with Gasteiger partial charge in [-0.25, -0.2) is 0 Å². The van der Waals surface area contributed by atoms with E-state index in [0.29, 0.717) is 152 Å². The van der Waals surface area contributed by atoms with Crippen LogP contribution in [0, 0.1) is 0 Å². The van der Waals surface area contributed by atoms with Gasteiger partial charge in [0.05, 0.1) is 158 Å². The van der Waals surface area contributed by atoms with Crippen LogP contribution in [-0.4, -0.2) is 170 Å². The maximum Gasteiger partial charge on any atom is 0.308 e. The Hall–Kier alpha value is -1.01. The highest BCUT2D eigenvalue weighted by Gasteiger charge is 2.15. The third-order valence-corrected chi connectivity index (χ3v) is 7.60. The number of ether oxygens (including phenoxy) is 13. The first-order valence-electron chi connectivity index (χ1n) is 21.1. The van der Waals surface area contributed by atoms with E-state index in [0.717, 1.165) is 13.0 Å². The van der Waals surface area contributed by atoms with Crippen LogP contribution in [0.4, 0.5) is 0 Å². The summed E-state index contributed by atoms with van der Waals surface area (Å²) in [6.45, 7) is 20.2. The van der Waals surface area contributed by atoms with Crippen LogP contribution >= 0.6 is 0 Å². The molecule has 0 bridgehead atoms. The van der Waals surface area contributed by atoms with Crippen molar-refractivity contribution in [3.05, 3.63) is 0 Å². The molecule has 0 atom stereocenters. The molecule has 14 heteroatoms. The van der Waals surface area contributed by atoms with Crippen molar-refractivity contribution in [3.63, 3.8) is 0 Å². The van der Waals surface area contributed by atoms with E-state index in [4.69, 9.17) is 61.6 Å². The monoisotopic (exact) mass is 799 g/mol. The molecule has 14 nitrogen and oxygen atoms in total. The van der Waals surface area contributed by atoms with Gasteiger partial charge in [0, 0.05) is 6.61 Å². The molecule has 0 N–H and O–H groups in total. The minimum atomic E-state index is -0.474. The zero-order chi connectivity index (χ0) is 40.0. The number of esters is 1. The van der Waals surface area contributed by atoms with Crippen molar-refractivity contribution >= 4 is 5.97 Å². The Morgan fingerprint density at radius 3 is 0.782 bits per heavy atom. The maximum atomic E-state index is 11.6. The van der Waals surface area contributed by atoms with Crippen molar-refractivity contribution in [1.29, 1.82) is 0 Å². The summed E-state index contributed by atoms with van der Waals surface area (Å²) in [6.07, 6.45) is 13.6. The molecule has 55 heavy (non-hydrogen) atoms. The fourth-order valence-electron chi connectivity index (χ4n) is 4.76. The molecule has 0 aromatic rings. The number of rotatable bonds is 47. The second-order valence-corrected chi connectivity index (χ2v) is 13.9. The van der Waals surface area contributed by atoms with Crippen molar-refractivity contribution in [2.75, 3.05) is 159 Å². The van der Waals surface area contributed by atoms with Gasteiger partial charge in [-0.05, 0) is 27.2 Å². The van der Waals surface area contributed by atoms with E-state index in [1.165, 1.54) is 57.8 Å². The zero-order valence-corrected chi connectivity index (χ0v) is 35.5. The Bertz CT molecular complexity index is 740. The molecule has 0 saturated heterocycles. The summed E-state index contributed by atoms with van der Waals surface area (Å²) in [4.78, 5) is 11.6. The molecule has 0 spiro atoms. The van der Waals surface area contributed by atoms with Crippen molar-refractivity contribution in [2.45, 2.75) is 104 Å². The third kappa shape index (κ3) is 51.0. The van der Waals surface area contributed by atoms with Crippen molar-refractivity contribution in [1.82, 2.24) is 0 Å². The number of carbonyl (C=O) groups excluding carboxylic acids is 1. The summed E-state index contributed by atoms with van der Waals surface area (Å²) < 4.78 is 71.2. The standard InChI is InChI=1S/C41H82O14/c1-5-6-7-8-9-10-11-12-13-14-16-43-18-20-45-22-24-47-26-28-49-30-32-51-34-36-53-38-39-54-37-35-52-33-31-50-29-27-48-25-23-46-21-19-44-17-15-40(42)55-41(2,3)4/h5-39H2,1-4H3. The lowest BCUT2D eigenvalue weighted by Crippen LogP contribution is -2.24. The molecular formula is C41H82O14. The predicted molar refractivity (Wildman–Crippen MR) is 212 cm³/mol. The topological polar surface area (TPSA) is 137 Å². The summed E-state index contributed by atoms with van der Waals surface area (Å²) in [6, 6.07) is 0. The van der Waals surface area contributed by atoms with Crippen LogP contribution in [0.5, 0.6) is 0 Å². The molecule has 0 aromatic heterocycles. The minimum Gasteiger partial charge on any atom is -0.460 e. The first kappa shape index (κ1) is 54.0. The van der Waals surface area contributed by atoms with E-state index in [-0.39, 0.29) is 12.4 Å². The third-order valence-electron chi connectivity index (χ3n) is 7.60. The van der Waals surface area contributed by atoms with E-state index in [1.807, 2.05) is 20.8 Å². The summed E-state index contributed by atoms with van der Waals surface area (Å²) >= 11 is 0. The number of hydrogen-bond donors (Lipinski definition) is 0. The minimum absolute atomic E-state index is 0.233. The fourth-order valence-corrected chi connectivity index (χ4v) is 4.76. The molecule has 0 aliphatic heterocycles. The van der Waals surface area contributed by atoms with E-state index in [2.05, 4.69) is 6.92 Å². The van der Waals surface area contributed by atoms with Crippen molar-refractivity contribution < 1.29 is 66.4 Å². The van der Waals surface area contributed by atoms with Crippen LogP contribution in [0.1, 0.15) is 98.3 Å². The molecule has 0 radical (unpaired) electrons. The summed E-state index contributed by atoms with van der Waals surface area (Å²) in [5.74, 6) is -0.263. The molecule has 0 fully saturated rings. The zero-order valence-electron chi connectivity index (χ0n) is 35.5. The lowest BCUT2D eigenvalue weighted by molar-refractivity contribution is -0.156. The summed E-state index contributed by atoms with van der Waals surface area (Å²) in [5, 5.41) is 0. The first-order valence-corrected chi connectivity index (χ1v) is 21.1. The van der Waals surface area contributed by atoms with Gasteiger partial charge >= 0.3 is 5.97 Å². The van der Waals surface area contributed by atoms with Gasteiger partial charge < -0.3 is 61.6 Å². The number of hydrogen-bond acceptors (Lipinski definition) is 14. The predicted octanol–water partition coefficient (Wildman–Crippen LogP) is 5.84. The Labute approximate surface area is 334 Å². The lowest BCUT2D eigenvalue weighted by atomic mass is 10.1. The average Bonchev–Trinajstić information content (AvgIpc) is 3.15. The molecule has 0 aromatic carbocycles. The Balaban J connectivity index is 3.09. The van der Waals surface area contributed by atoms with Gasteiger partial charge in [0.15, 0.2) is 0 Å². The SMILES string of the molecule is CCCCCCCCCCCCOCCOCCOCCOCCOCCOCCOCCOCCOCCOCCOCCOCCC(=O)OC(C)(C)C. The Morgan fingerprint density at radius 2 is 0.527 bits per heavy atom. The number of carbonyl (C=O) groups is 1. The normalized spacial score (nSPS) is 11.9. The van der Waals surface area contributed by atoms with Gasteiger partial charge in [0.25, 0.3) is 0 Å². The van der Waals surface area contributed by atoms with Gasteiger partial charge in [-0.1, -0.05) is 64.7 Å². The van der Waals surface area contributed by atoms with Crippen LogP contribution in [0.2, 0.25) is 0 Å². The van der Waals surface area contributed by atoms with E-state index in [9.17, 15) is 4.79 Å². The van der Waals surface area contributed by atoms with E-state index >= 15 is 0 Å². The van der Waals surface area contributed by atoms with Crippen LogP contribution in [0.15, 0.2) is 0 Å². The highest BCUT2D eigenvalue weighted by Crippen LogP contribution is 2.10. The van der Waals surface area contributed by atoms with E-state index in [1.54, 1.807) is 0 Å². The molecule has 0 rings (SSSR count). The molecular weight excluding hydrogens is 716 g/mol. The smallest absolute Gasteiger partial charge is 0.308 e. The Kier molecular flexibility index (Phi) is 44.9. The maximum absolute atomic E-state index is 11.6. The molecule has 0 amide bonds. The van der Waals surface area contributed by atoms with Gasteiger partial charge in [-0.15, -0.1) is 0 Å².